The van der Waals surface area contributed by atoms with Crippen molar-refractivity contribution in [2.24, 2.45) is 0 Å². The van der Waals surface area contributed by atoms with Gasteiger partial charge >= 0.3 is 0 Å². The fourth-order valence-corrected chi connectivity index (χ4v) is 2.43. The molecule has 0 saturated heterocycles. The van der Waals surface area contributed by atoms with Crippen LogP contribution in [-0.4, -0.2) is 11.9 Å². The van der Waals surface area contributed by atoms with Crippen molar-refractivity contribution >= 4 is 11.8 Å². The molecule has 2 rings (SSSR count). The maximum atomic E-state index is 3.51. The highest BCUT2D eigenvalue weighted by Crippen LogP contribution is 2.25. The second-order valence-corrected chi connectivity index (χ2v) is 5.05. The third-order valence-electron chi connectivity index (χ3n) is 2.52. The Morgan fingerprint density at radius 3 is 2.86 bits per heavy atom. The molecule has 1 aromatic rings. The van der Waals surface area contributed by atoms with Gasteiger partial charge in [0.2, 0.25) is 0 Å². The second kappa shape index (κ2) is 4.37. The molecule has 0 bridgehead atoms. The van der Waals surface area contributed by atoms with Crippen molar-refractivity contribution in [3.8, 4) is 0 Å². The summed E-state index contributed by atoms with van der Waals surface area (Å²) < 4.78 is 0. The molecule has 1 aliphatic rings. The maximum absolute atomic E-state index is 3.51. The smallest absolute Gasteiger partial charge is 0.0468 e. The molecular formula is C12H17NS. The van der Waals surface area contributed by atoms with E-state index in [4.69, 9.17) is 0 Å². The van der Waals surface area contributed by atoms with Gasteiger partial charge in [-0.25, -0.2) is 0 Å². The number of benzene rings is 1. The van der Waals surface area contributed by atoms with Gasteiger partial charge in [0.1, 0.15) is 0 Å². The first-order valence-electron chi connectivity index (χ1n) is 5.19. The van der Waals surface area contributed by atoms with Crippen LogP contribution in [0.25, 0.3) is 0 Å². The highest BCUT2D eigenvalue weighted by atomic mass is 32.2. The molecule has 1 aliphatic carbocycles. The first kappa shape index (κ1) is 10.1. The predicted octanol–water partition coefficient (Wildman–Crippen LogP) is 3.11. The predicted molar refractivity (Wildman–Crippen MR) is 62.8 cm³/mol. The molecular weight excluding hydrogens is 190 g/mol. The minimum Gasteiger partial charge on any atom is -0.305 e. The Balaban J connectivity index is 1.89. The van der Waals surface area contributed by atoms with Gasteiger partial charge in [-0.15, -0.1) is 11.8 Å². The number of nitrogens with one attached hydrogen (secondary N) is 1. The van der Waals surface area contributed by atoms with E-state index in [9.17, 15) is 0 Å². The average Bonchev–Trinajstić information content (AvgIpc) is 2.95. The quantitative estimate of drug-likeness (QED) is 0.601. The molecule has 0 radical (unpaired) electrons. The molecule has 0 heterocycles. The molecule has 1 saturated carbocycles. The van der Waals surface area contributed by atoms with Crippen molar-refractivity contribution in [3.05, 3.63) is 29.3 Å². The summed E-state index contributed by atoms with van der Waals surface area (Å²) >= 11 is 1.92. The number of hydrogen-bond acceptors (Lipinski definition) is 2. The van der Waals surface area contributed by atoms with Crippen LogP contribution in [0.3, 0.4) is 0 Å². The summed E-state index contributed by atoms with van der Waals surface area (Å²) in [4.78, 5) is 1.41. The SMILES string of the molecule is Cc1ccc(C)c(SCNC2CC2)c1. The van der Waals surface area contributed by atoms with E-state index in [1.54, 1.807) is 0 Å². The molecule has 1 fully saturated rings. The van der Waals surface area contributed by atoms with Gasteiger partial charge < -0.3 is 5.32 Å². The Bertz CT molecular complexity index is 318. The Hall–Kier alpha value is -0.470. The minimum absolute atomic E-state index is 0.813. The van der Waals surface area contributed by atoms with Gasteiger partial charge in [-0.3, -0.25) is 0 Å². The van der Waals surface area contributed by atoms with Crippen molar-refractivity contribution in [2.75, 3.05) is 5.88 Å². The Morgan fingerprint density at radius 2 is 2.14 bits per heavy atom. The summed E-state index contributed by atoms with van der Waals surface area (Å²) in [7, 11) is 0. The number of thioether (sulfide) groups is 1. The van der Waals surface area contributed by atoms with Crippen LogP contribution in [0.15, 0.2) is 23.1 Å². The largest absolute Gasteiger partial charge is 0.305 e. The van der Waals surface area contributed by atoms with Crippen molar-refractivity contribution in [1.82, 2.24) is 5.32 Å². The molecule has 0 amide bonds. The van der Waals surface area contributed by atoms with E-state index in [1.807, 2.05) is 11.8 Å². The number of hydrogen-bond donors (Lipinski definition) is 1. The van der Waals surface area contributed by atoms with Crippen LogP contribution in [0.5, 0.6) is 0 Å². The van der Waals surface area contributed by atoms with E-state index in [0.717, 1.165) is 11.9 Å². The molecule has 1 N–H and O–H groups in total. The zero-order valence-electron chi connectivity index (χ0n) is 8.84. The number of aryl methyl sites for hydroxylation is 2. The van der Waals surface area contributed by atoms with E-state index < -0.39 is 0 Å². The monoisotopic (exact) mass is 207 g/mol. The first-order valence-corrected chi connectivity index (χ1v) is 6.18. The van der Waals surface area contributed by atoms with Gasteiger partial charge in [0.15, 0.2) is 0 Å². The molecule has 2 heteroatoms. The first-order chi connectivity index (χ1) is 6.75. The topological polar surface area (TPSA) is 12.0 Å². The van der Waals surface area contributed by atoms with E-state index in [2.05, 4.69) is 37.4 Å². The molecule has 14 heavy (non-hydrogen) atoms. The molecule has 1 aromatic carbocycles. The second-order valence-electron chi connectivity index (χ2n) is 4.04. The van der Waals surface area contributed by atoms with Gasteiger partial charge in [0, 0.05) is 16.8 Å². The Kier molecular flexibility index (Phi) is 3.14. The Labute approximate surface area is 90.3 Å². The van der Waals surface area contributed by atoms with E-state index in [-0.39, 0.29) is 0 Å². The third kappa shape index (κ3) is 2.76. The molecule has 0 unspecified atom stereocenters. The van der Waals surface area contributed by atoms with E-state index in [1.165, 1.54) is 28.9 Å². The summed E-state index contributed by atoms with van der Waals surface area (Å²) in [5.74, 6) is 1.05. The van der Waals surface area contributed by atoms with Crippen LogP contribution in [-0.2, 0) is 0 Å². The fraction of sp³-hybridized carbons (Fsp3) is 0.500. The van der Waals surface area contributed by atoms with Crippen molar-refractivity contribution < 1.29 is 0 Å². The van der Waals surface area contributed by atoms with Crippen LogP contribution >= 0.6 is 11.8 Å². The summed E-state index contributed by atoms with van der Waals surface area (Å²) in [5, 5.41) is 3.51. The third-order valence-corrected chi connectivity index (χ3v) is 3.58. The lowest BCUT2D eigenvalue weighted by Crippen LogP contribution is -2.14. The van der Waals surface area contributed by atoms with Crippen molar-refractivity contribution in [3.63, 3.8) is 0 Å². The molecule has 0 atom stereocenters. The maximum Gasteiger partial charge on any atom is 0.0468 e. The van der Waals surface area contributed by atoms with Gasteiger partial charge in [-0.1, -0.05) is 17.7 Å². The zero-order chi connectivity index (χ0) is 9.97. The average molecular weight is 207 g/mol. The van der Waals surface area contributed by atoms with Crippen molar-refractivity contribution in [1.29, 1.82) is 0 Å². The molecule has 1 nitrogen and oxygen atoms in total. The summed E-state index contributed by atoms with van der Waals surface area (Å²) in [6.07, 6.45) is 2.74. The van der Waals surface area contributed by atoms with E-state index in [0.29, 0.717) is 0 Å². The van der Waals surface area contributed by atoms with Gasteiger partial charge in [-0.2, -0.15) is 0 Å². The van der Waals surface area contributed by atoms with Crippen LogP contribution in [0.1, 0.15) is 24.0 Å². The summed E-state index contributed by atoms with van der Waals surface area (Å²) in [5.41, 5.74) is 2.74. The minimum atomic E-state index is 0.813. The lowest BCUT2D eigenvalue weighted by molar-refractivity contribution is 0.789. The molecule has 0 spiro atoms. The van der Waals surface area contributed by atoms with Crippen LogP contribution in [0.4, 0.5) is 0 Å². The lowest BCUT2D eigenvalue weighted by atomic mass is 10.2. The van der Waals surface area contributed by atoms with Crippen molar-refractivity contribution in [2.45, 2.75) is 37.6 Å². The van der Waals surface area contributed by atoms with E-state index >= 15 is 0 Å². The zero-order valence-corrected chi connectivity index (χ0v) is 9.66. The van der Waals surface area contributed by atoms with Crippen LogP contribution in [0, 0.1) is 13.8 Å². The molecule has 76 valence electrons. The summed E-state index contributed by atoms with van der Waals surface area (Å²) in [6.45, 7) is 4.33. The fourth-order valence-electron chi connectivity index (χ4n) is 1.39. The van der Waals surface area contributed by atoms with Gasteiger partial charge in [0.05, 0.1) is 0 Å². The Morgan fingerprint density at radius 1 is 1.36 bits per heavy atom. The molecule has 0 aliphatic heterocycles. The summed E-state index contributed by atoms with van der Waals surface area (Å²) in [6, 6.07) is 7.46. The lowest BCUT2D eigenvalue weighted by Gasteiger charge is -2.07. The van der Waals surface area contributed by atoms with Crippen LogP contribution < -0.4 is 5.32 Å². The van der Waals surface area contributed by atoms with Gasteiger partial charge in [-0.05, 0) is 38.3 Å². The van der Waals surface area contributed by atoms with Gasteiger partial charge in [0.25, 0.3) is 0 Å². The van der Waals surface area contributed by atoms with Crippen LogP contribution in [0.2, 0.25) is 0 Å². The molecule has 0 aromatic heterocycles. The highest BCUT2D eigenvalue weighted by molar-refractivity contribution is 7.99. The normalized spacial score (nSPS) is 15.9. The standard InChI is InChI=1S/C12H17NS/c1-9-3-4-10(2)12(7-9)14-8-13-11-5-6-11/h3-4,7,11,13H,5-6,8H2,1-2H3. The number of rotatable bonds is 4. The highest BCUT2D eigenvalue weighted by Gasteiger charge is 2.19.